The van der Waals surface area contributed by atoms with Gasteiger partial charge < -0.3 is 109 Å². The fourth-order valence-electron chi connectivity index (χ4n) is 15.8. The fourth-order valence-corrected chi connectivity index (χ4v) is 16.3. The molecule has 0 spiro atoms. The molecule has 9 aliphatic rings. The predicted molar refractivity (Wildman–Crippen MR) is 284 cm³/mol. The summed E-state index contributed by atoms with van der Waals surface area (Å²) < 4.78 is 101. The van der Waals surface area contributed by atoms with Gasteiger partial charge in [0, 0.05) is 12.8 Å². The summed E-state index contributed by atoms with van der Waals surface area (Å²) in [6.07, 6.45) is -35.4. The average molecular weight is 1230 g/mol. The van der Waals surface area contributed by atoms with Crippen LogP contribution in [0.25, 0.3) is 0 Å². The highest BCUT2D eigenvalue weighted by atomic mass is 32.3. The lowest BCUT2D eigenvalue weighted by molar-refractivity contribution is -0.402. The second-order valence-corrected chi connectivity index (χ2v) is 27.7. The molecule has 3 saturated carbocycles. The van der Waals surface area contributed by atoms with Gasteiger partial charge in [-0.3, -0.25) is 9.35 Å². The topological polar surface area (TPSA) is 416 Å². The van der Waals surface area contributed by atoms with E-state index in [4.69, 9.17) is 51.6 Å². The Kier molecular flexibility index (Phi) is 20.4. The quantitative estimate of drug-likeness (QED) is 0.0573. The van der Waals surface area contributed by atoms with Crippen molar-refractivity contribution in [1.29, 1.82) is 0 Å². The lowest BCUT2D eigenvalue weighted by atomic mass is 9.47. The molecule has 0 aromatic rings. The van der Waals surface area contributed by atoms with Gasteiger partial charge >= 0.3 is 10.4 Å². The van der Waals surface area contributed by atoms with Crippen molar-refractivity contribution in [2.75, 3.05) is 6.61 Å². The first kappa shape index (κ1) is 66.8. The summed E-state index contributed by atoms with van der Waals surface area (Å²) in [7, 11) is -4.88. The largest absolute Gasteiger partial charge is 0.397 e. The molecule has 27 nitrogen and oxygen atoms in total. The number of carbonyl (C=O) groups is 1. The summed E-state index contributed by atoms with van der Waals surface area (Å²) in [4.78, 5) is 13.2. The number of rotatable bonds is 17. The Balaban J connectivity index is 0.985. The average Bonchev–Trinajstić information content (AvgIpc) is 1.35. The number of hydrogen-bond donors (Lipinski definition) is 13. The van der Waals surface area contributed by atoms with Gasteiger partial charge in [-0.2, -0.15) is 8.42 Å². The third kappa shape index (κ3) is 13.1. The van der Waals surface area contributed by atoms with Crippen LogP contribution >= 0.6 is 0 Å². The first-order valence-corrected chi connectivity index (χ1v) is 31.1. The zero-order chi connectivity index (χ0) is 61.6. The molecule has 8 fully saturated rings. The second-order valence-electron chi connectivity index (χ2n) is 26.7. The van der Waals surface area contributed by atoms with Crippen LogP contribution in [0.15, 0.2) is 11.6 Å². The van der Waals surface area contributed by atoms with Gasteiger partial charge in [-0.05, 0) is 120 Å². The van der Waals surface area contributed by atoms with E-state index >= 15 is 0 Å². The Hall–Kier alpha value is -1.60. The Morgan fingerprint density at radius 2 is 1.17 bits per heavy atom. The Morgan fingerprint density at radius 3 is 1.75 bits per heavy atom. The molecule has 5 saturated heterocycles. The lowest BCUT2D eigenvalue weighted by Gasteiger charge is -2.60. The van der Waals surface area contributed by atoms with E-state index in [1.807, 2.05) is 13.8 Å². The first-order valence-electron chi connectivity index (χ1n) is 29.7. The van der Waals surface area contributed by atoms with Crippen molar-refractivity contribution >= 4 is 16.2 Å². The summed E-state index contributed by atoms with van der Waals surface area (Å²) in [5.74, 6) is -0.745. The fraction of sp³-hybridized carbons (Fsp3) is 0.946. The molecule has 5 aliphatic heterocycles. The summed E-state index contributed by atoms with van der Waals surface area (Å²) in [5.41, 5.74) is -1.22. The molecule has 0 radical (unpaired) electrons. The SMILES string of the molecule is CC(C)CC(=O)CC(C)(O)[C@H]1CCC2C3C[C@H](O[C@@H]4O[C@H](C)[C@@H](O)[C@H](O[C@@H]5O[C@H](C)[C@@H](O[C@@H]6OC[C@H](O)[C@H](O)[C@H]6O[C@@H]6O[C@H](C)[C@H](O)[C@H](O)[C@H]6O)[C@H](O)[C@H]5O[C@@H]5O[C@H](C)[C@@H](O)[C@H](O)[C@H]5O)[C@H]4O)C4C[C@@H](OS(=O)(=O)O)CC[C@]4(C)C3=CC[C@@]21C. The number of hydrogen-bond acceptors (Lipinski definition) is 26. The van der Waals surface area contributed by atoms with E-state index in [2.05, 4.69) is 19.9 Å². The van der Waals surface area contributed by atoms with E-state index < -0.39 is 199 Å². The normalized spacial score (nSPS) is 51.7. The Labute approximate surface area is 489 Å². The Bertz CT molecular complexity index is 2400. The van der Waals surface area contributed by atoms with Crippen LogP contribution in [0.2, 0.25) is 0 Å². The molecule has 13 N–H and O–H groups in total. The predicted octanol–water partition coefficient (Wildman–Crippen LogP) is -1.65. The van der Waals surface area contributed by atoms with Crippen LogP contribution in [0.3, 0.4) is 0 Å². The number of carbonyl (C=O) groups excluding carboxylic acids is 1. The maximum Gasteiger partial charge on any atom is 0.397 e. The zero-order valence-corrected chi connectivity index (χ0v) is 49.8. The zero-order valence-electron chi connectivity index (χ0n) is 49.0. The summed E-state index contributed by atoms with van der Waals surface area (Å²) in [6, 6.07) is 0. The number of fused-ring (bicyclic) bond motifs is 5. The van der Waals surface area contributed by atoms with Crippen molar-refractivity contribution < 1.29 is 131 Å². The molecule has 84 heavy (non-hydrogen) atoms. The van der Waals surface area contributed by atoms with Crippen LogP contribution in [0, 0.1) is 40.4 Å². The molecule has 28 heteroatoms. The van der Waals surface area contributed by atoms with E-state index in [1.165, 1.54) is 27.7 Å². The van der Waals surface area contributed by atoms with Crippen molar-refractivity contribution in [3.63, 3.8) is 0 Å². The molecule has 5 heterocycles. The van der Waals surface area contributed by atoms with Gasteiger partial charge in [0.1, 0.15) is 97.3 Å². The van der Waals surface area contributed by atoms with Crippen molar-refractivity contribution in [3.8, 4) is 0 Å². The van der Waals surface area contributed by atoms with Gasteiger partial charge in [-0.1, -0.05) is 39.3 Å². The minimum atomic E-state index is -4.88. The molecule has 484 valence electrons. The smallest absolute Gasteiger partial charge is 0.389 e. The van der Waals surface area contributed by atoms with Crippen LogP contribution < -0.4 is 0 Å². The number of allylic oxidation sites excluding steroid dienone is 2. The van der Waals surface area contributed by atoms with Gasteiger partial charge in [0.25, 0.3) is 0 Å². The summed E-state index contributed by atoms with van der Waals surface area (Å²) in [6.45, 7) is 15.1. The van der Waals surface area contributed by atoms with E-state index in [0.717, 1.165) is 12.0 Å². The molecule has 9 rings (SSSR count). The van der Waals surface area contributed by atoms with Gasteiger partial charge in [0.05, 0.1) is 48.8 Å². The highest BCUT2D eigenvalue weighted by Gasteiger charge is 2.64. The number of ether oxygens (including phenoxy) is 10. The Morgan fingerprint density at radius 1 is 0.631 bits per heavy atom. The molecule has 4 unspecified atom stereocenters. The van der Waals surface area contributed by atoms with Gasteiger partial charge in [0.15, 0.2) is 31.5 Å². The standard InChI is InChI=1S/C56H92O27S/c1-21(2)16-26(57)19-56(9,69)34-11-10-29-28-18-33(31-17-27(83-84(70,71)72)12-14-54(31,7)30(28)13-15-55(29,34)8)78-51-44(68)46(37(61)24(5)76-51)80-53-48(82-50-42(66)40(64)36(60)23(4)75-50)43(67)45(25(6)77-53)79-52-47(38(62)32(58)20-73-52)81-49-41(65)39(63)35(59)22(3)74-49/h13,21-25,27-29,31-53,58-69H,10-12,14-20H2,1-9H3,(H,70,71,72)/t22-,23-,24-,25-,27+,28?,29?,31?,32+,33+,34+,35+,36-,37-,38+,39+,40+,41-,42-,43+,44-,45-,46+,47-,48-,49+,50+,51+,52+,53+,54-,55+,56?/m1/s1. The number of Topliss-reactive ketones (excluding diaryl/α,β-unsaturated/α-hetero) is 1. The van der Waals surface area contributed by atoms with Crippen LogP contribution in [-0.2, 0) is 66.7 Å². The van der Waals surface area contributed by atoms with Gasteiger partial charge in [-0.15, -0.1) is 0 Å². The van der Waals surface area contributed by atoms with Crippen LogP contribution in [0.4, 0.5) is 0 Å². The van der Waals surface area contributed by atoms with Crippen molar-refractivity contribution in [2.24, 2.45) is 40.4 Å². The molecular formula is C56H92O27S. The second kappa shape index (κ2) is 25.6. The monoisotopic (exact) mass is 1230 g/mol. The van der Waals surface area contributed by atoms with E-state index in [9.17, 15) is 79.0 Å². The molecular weight excluding hydrogens is 1140 g/mol. The number of ketones is 1. The molecule has 4 aliphatic carbocycles. The maximum atomic E-state index is 13.2. The molecule has 33 atom stereocenters. The highest BCUT2D eigenvalue weighted by molar-refractivity contribution is 7.80. The number of aliphatic hydroxyl groups is 12. The minimum Gasteiger partial charge on any atom is -0.389 e. The van der Waals surface area contributed by atoms with Gasteiger partial charge in [-0.25, -0.2) is 4.18 Å². The summed E-state index contributed by atoms with van der Waals surface area (Å²) >= 11 is 0. The van der Waals surface area contributed by atoms with Crippen LogP contribution in [0.1, 0.15) is 120 Å². The van der Waals surface area contributed by atoms with Crippen molar-refractivity contribution in [3.05, 3.63) is 11.6 Å². The molecule has 0 aromatic heterocycles. The third-order valence-electron chi connectivity index (χ3n) is 20.2. The molecule has 0 amide bonds. The number of aliphatic hydroxyl groups excluding tert-OH is 11. The molecule has 0 bridgehead atoms. The first-order chi connectivity index (χ1) is 39.1. The van der Waals surface area contributed by atoms with Gasteiger partial charge in [0.2, 0.25) is 0 Å². The summed E-state index contributed by atoms with van der Waals surface area (Å²) in [5, 5.41) is 135. The van der Waals surface area contributed by atoms with E-state index in [0.29, 0.717) is 32.1 Å². The van der Waals surface area contributed by atoms with Crippen LogP contribution in [0.5, 0.6) is 0 Å². The lowest BCUT2D eigenvalue weighted by Crippen LogP contribution is -2.67. The highest BCUT2D eigenvalue weighted by Crippen LogP contribution is 2.67. The van der Waals surface area contributed by atoms with Crippen molar-refractivity contribution in [1.82, 2.24) is 0 Å². The van der Waals surface area contributed by atoms with E-state index in [-0.39, 0.29) is 48.7 Å². The molecule has 0 aromatic carbocycles. The van der Waals surface area contributed by atoms with E-state index in [1.54, 1.807) is 6.92 Å². The van der Waals surface area contributed by atoms with Crippen LogP contribution in [-0.4, -0.2) is 252 Å². The minimum absolute atomic E-state index is 0.00545. The van der Waals surface area contributed by atoms with Crippen molar-refractivity contribution in [2.45, 2.75) is 285 Å². The maximum absolute atomic E-state index is 13.2. The third-order valence-corrected chi connectivity index (χ3v) is 20.7.